The van der Waals surface area contributed by atoms with E-state index in [9.17, 15) is 14.9 Å². The van der Waals surface area contributed by atoms with E-state index in [4.69, 9.17) is 15.1 Å². The minimum atomic E-state index is -1.24. The number of carboxylic acids is 1. The number of nitriles is 2. The molecule has 1 N–H and O–H groups in total. The fourth-order valence-corrected chi connectivity index (χ4v) is 8.05. The fourth-order valence-electron chi connectivity index (χ4n) is 6.27. The van der Waals surface area contributed by atoms with Crippen molar-refractivity contribution in [3.8, 4) is 22.6 Å². The normalized spacial score (nSPS) is 11.4. The van der Waals surface area contributed by atoms with Crippen LogP contribution in [0.15, 0.2) is 169 Å². The van der Waals surface area contributed by atoms with Gasteiger partial charge in [-0.25, -0.2) is 4.79 Å². The number of thiophene rings is 2. The average molecular weight is 804 g/mol. The van der Waals surface area contributed by atoms with E-state index in [0.717, 1.165) is 59.5 Å². The van der Waals surface area contributed by atoms with Crippen LogP contribution in [0, 0.1) is 22.7 Å². The molecule has 5 aromatic carbocycles. The van der Waals surface area contributed by atoms with Gasteiger partial charge in [-0.1, -0.05) is 97.1 Å². The molecular weight excluding hydrogens is 771 g/mol. The van der Waals surface area contributed by atoms with Crippen molar-refractivity contribution in [3.05, 3.63) is 206 Å². The Morgan fingerprint density at radius 2 is 1.08 bits per heavy atom. The molecule has 0 aliphatic carbocycles. The van der Waals surface area contributed by atoms with E-state index < -0.39 is 5.97 Å². The minimum absolute atomic E-state index is 0.0948. The van der Waals surface area contributed by atoms with Crippen LogP contribution in [0.1, 0.15) is 36.9 Å². The first-order chi connectivity index (χ1) is 28.9. The van der Waals surface area contributed by atoms with Gasteiger partial charge in [-0.15, -0.1) is 22.7 Å². The standard InChI is InChI=1S/C50H33N3O4S2/c51-32-40(50(55)56)31-47-26-25-45(58-47)23-24-46-27-28-49(59-46)39-15-21-43(22-16-39)53(41-17-11-35(12-18-41)29-44(33-52)57-34-54)42-19-13-36(14-20-42)30-48(37-7-3-1-4-8-37)38-9-5-2-6-10-38/h1-31,34H,(H,55,56). The molecule has 0 atom stereocenters. The third-order valence-corrected chi connectivity index (χ3v) is 11.2. The van der Waals surface area contributed by atoms with E-state index in [0.29, 0.717) is 10.4 Å². The van der Waals surface area contributed by atoms with Gasteiger partial charge in [0.25, 0.3) is 6.47 Å². The van der Waals surface area contributed by atoms with Crippen molar-refractivity contribution < 1.29 is 19.4 Å². The summed E-state index contributed by atoms with van der Waals surface area (Å²) >= 11 is 3.07. The second-order valence-electron chi connectivity index (χ2n) is 12.9. The van der Waals surface area contributed by atoms with E-state index >= 15 is 0 Å². The van der Waals surface area contributed by atoms with Gasteiger partial charge in [-0.05, 0) is 124 Å². The van der Waals surface area contributed by atoms with Crippen molar-refractivity contribution in [1.29, 1.82) is 10.5 Å². The van der Waals surface area contributed by atoms with Gasteiger partial charge in [-0.3, -0.25) is 4.79 Å². The van der Waals surface area contributed by atoms with Crippen molar-refractivity contribution in [2.45, 2.75) is 0 Å². The molecule has 2 heterocycles. The van der Waals surface area contributed by atoms with Crippen LogP contribution in [-0.2, 0) is 14.3 Å². The van der Waals surface area contributed by atoms with E-state index in [1.165, 1.54) is 23.5 Å². The molecule has 0 saturated heterocycles. The number of hydrogen-bond acceptors (Lipinski definition) is 8. The lowest BCUT2D eigenvalue weighted by molar-refractivity contribution is -0.132. The molecule has 0 unspecified atom stereocenters. The molecule has 7 aromatic rings. The number of allylic oxidation sites excluding steroid dienone is 1. The van der Waals surface area contributed by atoms with Crippen LogP contribution in [0.3, 0.4) is 0 Å². The SMILES string of the molecule is N#CC(=Cc1ccc(N(c2ccc(C=C(c3ccccc3)c3ccccc3)cc2)c2ccc(-c3ccc(C=Cc4ccc(C=C(C#N)C(=O)O)s4)s3)cc2)cc1)OC=O. The molecule has 7 nitrogen and oxygen atoms in total. The number of carboxylic acid groups (broad SMARTS) is 1. The Labute approximate surface area is 349 Å². The average Bonchev–Trinajstić information content (AvgIpc) is 3.95. The third-order valence-electron chi connectivity index (χ3n) is 9.10. The van der Waals surface area contributed by atoms with Crippen LogP contribution in [-0.4, -0.2) is 17.5 Å². The summed E-state index contributed by atoms with van der Waals surface area (Å²) in [5.74, 6) is -1.34. The molecule has 0 aliphatic rings. The summed E-state index contributed by atoms with van der Waals surface area (Å²) in [4.78, 5) is 28.0. The van der Waals surface area contributed by atoms with Gasteiger partial charge in [-0.2, -0.15) is 10.5 Å². The zero-order valence-corrected chi connectivity index (χ0v) is 32.9. The number of rotatable bonds is 14. The third kappa shape index (κ3) is 9.95. The summed E-state index contributed by atoms with van der Waals surface area (Å²) in [7, 11) is 0. The zero-order chi connectivity index (χ0) is 41.0. The van der Waals surface area contributed by atoms with Crippen LogP contribution >= 0.6 is 22.7 Å². The highest BCUT2D eigenvalue weighted by Crippen LogP contribution is 2.38. The molecule has 7 rings (SSSR count). The largest absolute Gasteiger partial charge is 0.477 e. The van der Waals surface area contributed by atoms with Gasteiger partial charge in [0.15, 0.2) is 0 Å². The second-order valence-corrected chi connectivity index (χ2v) is 15.2. The maximum absolute atomic E-state index is 11.2. The number of hydrogen-bond donors (Lipinski definition) is 1. The number of aliphatic carboxylic acids is 1. The second kappa shape index (κ2) is 18.9. The van der Waals surface area contributed by atoms with E-state index in [-0.39, 0.29) is 17.8 Å². The first kappa shape index (κ1) is 39.4. The van der Waals surface area contributed by atoms with Crippen LogP contribution in [0.25, 0.3) is 46.4 Å². The fraction of sp³-hybridized carbons (Fsp3) is 0. The lowest BCUT2D eigenvalue weighted by Crippen LogP contribution is -2.09. The molecular formula is C50H33N3O4S2. The molecule has 284 valence electrons. The molecule has 0 fully saturated rings. The van der Waals surface area contributed by atoms with Gasteiger partial charge in [0, 0.05) is 36.6 Å². The van der Waals surface area contributed by atoms with Crippen molar-refractivity contribution in [2.24, 2.45) is 0 Å². The lowest BCUT2D eigenvalue weighted by Gasteiger charge is -2.26. The first-order valence-electron chi connectivity index (χ1n) is 18.3. The van der Waals surface area contributed by atoms with Crippen molar-refractivity contribution in [1.82, 2.24) is 0 Å². The highest BCUT2D eigenvalue weighted by Gasteiger charge is 2.14. The van der Waals surface area contributed by atoms with Crippen LogP contribution in [0.4, 0.5) is 17.1 Å². The van der Waals surface area contributed by atoms with E-state index in [2.05, 4.69) is 95.9 Å². The monoisotopic (exact) mass is 803 g/mol. The number of carbonyl (C=O) groups excluding carboxylic acids is 1. The van der Waals surface area contributed by atoms with Crippen LogP contribution in [0.5, 0.6) is 0 Å². The van der Waals surface area contributed by atoms with Gasteiger partial charge < -0.3 is 14.7 Å². The van der Waals surface area contributed by atoms with E-state index in [1.807, 2.05) is 85.0 Å². The van der Waals surface area contributed by atoms with Gasteiger partial charge >= 0.3 is 5.97 Å². The molecule has 0 amide bonds. The molecule has 0 bridgehead atoms. The van der Waals surface area contributed by atoms with Crippen molar-refractivity contribution >= 4 is 88.1 Å². The predicted molar refractivity (Wildman–Crippen MR) is 240 cm³/mol. The predicted octanol–water partition coefficient (Wildman–Crippen LogP) is 12.7. The molecule has 0 aliphatic heterocycles. The van der Waals surface area contributed by atoms with Gasteiger partial charge in [0.05, 0.1) is 0 Å². The maximum Gasteiger partial charge on any atom is 0.346 e. The molecule has 2 aromatic heterocycles. The minimum Gasteiger partial charge on any atom is -0.477 e. The Balaban J connectivity index is 1.17. The Morgan fingerprint density at radius 3 is 1.61 bits per heavy atom. The maximum atomic E-state index is 11.2. The van der Waals surface area contributed by atoms with Gasteiger partial charge in [0.1, 0.15) is 17.7 Å². The highest BCUT2D eigenvalue weighted by molar-refractivity contribution is 7.16. The molecule has 0 radical (unpaired) electrons. The molecule has 0 saturated carbocycles. The Morgan fingerprint density at radius 1 is 0.576 bits per heavy atom. The van der Waals surface area contributed by atoms with Crippen LogP contribution in [0.2, 0.25) is 0 Å². The summed E-state index contributed by atoms with van der Waals surface area (Å²) in [6.07, 6.45) is 9.11. The number of ether oxygens (including phenoxy) is 1. The Hall–Kier alpha value is -7.82. The smallest absolute Gasteiger partial charge is 0.346 e. The molecule has 59 heavy (non-hydrogen) atoms. The van der Waals surface area contributed by atoms with Crippen LogP contribution < -0.4 is 4.90 Å². The summed E-state index contributed by atoms with van der Waals surface area (Å²) in [5, 5.41) is 27.6. The quantitative estimate of drug-likeness (QED) is 0.0383. The van der Waals surface area contributed by atoms with Crippen molar-refractivity contribution in [3.63, 3.8) is 0 Å². The van der Waals surface area contributed by atoms with Gasteiger partial charge in [0.2, 0.25) is 5.76 Å². The summed E-state index contributed by atoms with van der Waals surface area (Å²) in [6, 6.07) is 56.7. The first-order valence-corrected chi connectivity index (χ1v) is 19.9. The van der Waals surface area contributed by atoms with Crippen molar-refractivity contribution in [2.75, 3.05) is 4.90 Å². The molecule has 0 spiro atoms. The number of anilines is 3. The topological polar surface area (TPSA) is 114 Å². The molecule has 9 heteroatoms. The lowest BCUT2D eigenvalue weighted by atomic mass is 9.95. The summed E-state index contributed by atoms with van der Waals surface area (Å²) in [5.41, 5.74) is 8.69. The highest BCUT2D eigenvalue weighted by atomic mass is 32.1. The van der Waals surface area contributed by atoms with E-state index in [1.54, 1.807) is 23.5 Å². The number of carbonyl (C=O) groups is 2. The summed E-state index contributed by atoms with van der Waals surface area (Å²) < 4.78 is 4.79. The Kier molecular flexibility index (Phi) is 12.6. The number of nitrogens with zero attached hydrogens (tertiary/aromatic N) is 3. The number of benzene rings is 5. The summed E-state index contributed by atoms with van der Waals surface area (Å²) in [6.45, 7) is 0.239. The Bertz CT molecular complexity index is 2740. The zero-order valence-electron chi connectivity index (χ0n) is 31.3.